The van der Waals surface area contributed by atoms with Crippen LogP contribution in [-0.4, -0.2) is 0 Å². The molecule has 0 amide bonds. The standard InChI is InChI=1S/C48H30O.C42H26O/c1-2-14-31(15-3-1)32-16-12-17-33(30-32)46-37-20-4-6-22-39(37)48(40-23-7-5-21-38(40)46)43-29-28-42-35-19-9-11-27-45(35)49-44-26-10-8-18-34(44)36-24-13-25-41(43)47(36)42;1-2-13-27(14-3-1)40-31-17-4-6-19-33(31)42(34-20-7-5-18-32(34)40)37-26-25-36-29-16-9-11-24-39(29)43-38-23-10-8-15-28(38)30-21-12-22-35(37)41(30)36/h1-30H;1-26H. The molecule has 19 rings (SSSR count). The Bertz CT molecular complexity index is 5600. The lowest BCUT2D eigenvalue weighted by molar-refractivity contribution is 0.486. The van der Waals surface area contributed by atoms with E-state index >= 15 is 0 Å². The van der Waals surface area contributed by atoms with Crippen LogP contribution in [-0.2, 0) is 0 Å². The number of hydrogen-bond donors (Lipinski definition) is 0. The fourth-order valence-corrected chi connectivity index (χ4v) is 15.0. The van der Waals surface area contributed by atoms with Gasteiger partial charge in [-0.05, 0) is 173 Å². The Kier molecular flexibility index (Phi) is 12.6. The highest BCUT2D eigenvalue weighted by atomic mass is 16.5. The minimum atomic E-state index is 0.872. The van der Waals surface area contributed by atoms with E-state index in [0.29, 0.717) is 0 Å². The van der Waals surface area contributed by atoms with Crippen molar-refractivity contribution < 1.29 is 9.47 Å². The third-order valence-electron chi connectivity index (χ3n) is 19.0. The molecule has 0 atom stereocenters. The van der Waals surface area contributed by atoms with Crippen molar-refractivity contribution in [1.82, 2.24) is 0 Å². The number of ether oxygens (including phenoxy) is 2. The monoisotopic (exact) mass is 1170 g/mol. The van der Waals surface area contributed by atoms with Crippen LogP contribution in [0.5, 0.6) is 23.0 Å². The van der Waals surface area contributed by atoms with E-state index in [1.807, 2.05) is 12.1 Å². The van der Waals surface area contributed by atoms with Crippen molar-refractivity contribution >= 4 is 64.6 Å². The fourth-order valence-electron chi connectivity index (χ4n) is 15.0. The molecule has 0 aromatic heterocycles. The highest BCUT2D eigenvalue weighted by Crippen LogP contribution is 2.54. The topological polar surface area (TPSA) is 18.5 Å². The number of fused-ring (bicyclic) bond motifs is 12. The maximum Gasteiger partial charge on any atom is 0.135 e. The molecule has 2 heterocycles. The molecule has 0 bridgehead atoms. The number of benzene rings is 17. The summed E-state index contributed by atoms with van der Waals surface area (Å²) in [6.07, 6.45) is 0. The Morgan fingerprint density at radius 1 is 0.141 bits per heavy atom. The van der Waals surface area contributed by atoms with E-state index in [0.717, 1.165) is 45.3 Å². The Morgan fingerprint density at radius 3 is 0.783 bits per heavy atom. The normalized spacial score (nSPS) is 11.9. The summed E-state index contributed by atoms with van der Waals surface area (Å²) in [5.41, 5.74) is 21.6. The van der Waals surface area contributed by atoms with Crippen LogP contribution < -0.4 is 9.47 Å². The lowest BCUT2D eigenvalue weighted by atomic mass is 9.82. The van der Waals surface area contributed by atoms with E-state index < -0.39 is 0 Å². The molecule has 0 fully saturated rings. The smallest absolute Gasteiger partial charge is 0.135 e. The van der Waals surface area contributed by atoms with Gasteiger partial charge >= 0.3 is 0 Å². The molecule has 2 heteroatoms. The van der Waals surface area contributed by atoms with Crippen molar-refractivity contribution in [2.24, 2.45) is 0 Å². The largest absolute Gasteiger partial charge is 0.456 e. The summed E-state index contributed by atoms with van der Waals surface area (Å²) in [5.74, 6) is 3.50. The van der Waals surface area contributed by atoms with Gasteiger partial charge in [0.15, 0.2) is 0 Å². The summed E-state index contributed by atoms with van der Waals surface area (Å²) in [4.78, 5) is 0. The van der Waals surface area contributed by atoms with Crippen molar-refractivity contribution in [3.8, 4) is 123 Å². The van der Waals surface area contributed by atoms with Crippen molar-refractivity contribution in [3.63, 3.8) is 0 Å². The molecule has 0 saturated heterocycles. The van der Waals surface area contributed by atoms with E-state index in [9.17, 15) is 0 Å². The van der Waals surface area contributed by atoms with E-state index in [-0.39, 0.29) is 0 Å². The molecule has 0 aliphatic carbocycles. The molecule has 92 heavy (non-hydrogen) atoms. The first-order valence-corrected chi connectivity index (χ1v) is 31.6. The average molecular weight is 1170 g/mol. The predicted octanol–water partition coefficient (Wildman–Crippen LogP) is 25.5. The summed E-state index contributed by atoms with van der Waals surface area (Å²) >= 11 is 0. The van der Waals surface area contributed by atoms with Gasteiger partial charge in [-0.2, -0.15) is 0 Å². The molecule has 2 aliphatic rings. The van der Waals surface area contributed by atoms with Gasteiger partial charge < -0.3 is 9.47 Å². The van der Waals surface area contributed by atoms with Gasteiger partial charge in [-0.25, -0.2) is 0 Å². The number of rotatable bonds is 5. The van der Waals surface area contributed by atoms with Crippen LogP contribution >= 0.6 is 0 Å². The zero-order chi connectivity index (χ0) is 60.6. The van der Waals surface area contributed by atoms with E-state index in [2.05, 4.69) is 328 Å². The zero-order valence-corrected chi connectivity index (χ0v) is 50.1. The molecule has 0 saturated carbocycles. The Labute approximate surface area is 533 Å². The van der Waals surface area contributed by atoms with Crippen LogP contribution in [0.15, 0.2) is 340 Å². The second-order valence-electron chi connectivity index (χ2n) is 24.0. The van der Waals surface area contributed by atoms with E-state index in [1.54, 1.807) is 0 Å². The Hall–Kier alpha value is -12.1. The van der Waals surface area contributed by atoms with Gasteiger partial charge in [0.1, 0.15) is 23.0 Å². The third kappa shape index (κ3) is 8.57. The molecule has 428 valence electrons. The summed E-state index contributed by atoms with van der Waals surface area (Å²) in [6, 6.07) is 122. The SMILES string of the molecule is c1ccc(-c2c3ccccc3c(-c3ccc4c5c(cccc35)-c3ccccc3Oc3ccccc3-4)c3ccccc23)cc1.c1ccc(-c2cccc(-c3c4ccccc4c(-c4ccc5c6c(cccc46)-c4ccccc4Oc4ccccc4-5)c4ccccc34)c2)cc1. The van der Waals surface area contributed by atoms with Crippen molar-refractivity contribution in [1.29, 1.82) is 0 Å². The maximum atomic E-state index is 6.59. The van der Waals surface area contributed by atoms with Gasteiger partial charge in [-0.1, -0.05) is 309 Å². The first-order chi connectivity index (χ1) is 45.7. The van der Waals surface area contributed by atoms with Crippen molar-refractivity contribution in [2.75, 3.05) is 0 Å². The predicted molar refractivity (Wildman–Crippen MR) is 387 cm³/mol. The number of hydrogen-bond acceptors (Lipinski definition) is 2. The van der Waals surface area contributed by atoms with Gasteiger partial charge in [-0.15, -0.1) is 0 Å². The molecule has 0 spiro atoms. The molecule has 17 aromatic rings. The van der Waals surface area contributed by atoms with Gasteiger partial charge in [0, 0.05) is 22.3 Å². The first kappa shape index (κ1) is 53.0. The second-order valence-corrected chi connectivity index (χ2v) is 24.0. The van der Waals surface area contributed by atoms with Crippen LogP contribution in [0.3, 0.4) is 0 Å². The van der Waals surface area contributed by atoms with E-state index in [1.165, 1.54) is 143 Å². The molecule has 17 aromatic carbocycles. The molecule has 0 unspecified atom stereocenters. The third-order valence-corrected chi connectivity index (χ3v) is 19.0. The summed E-state index contributed by atoms with van der Waals surface area (Å²) in [7, 11) is 0. The van der Waals surface area contributed by atoms with Gasteiger partial charge in [0.25, 0.3) is 0 Å². The zero-order valence-electron chi connectivity index (χ0n) is 50.1. The average Bonchev–Trinajstić information content (AvgIpc) is 0.731. The minimum Gasteiger partial charge on any atom is -0.456 e. The minimum absolute atomic E-state index is 0.872. The highest BCUT2D eigenvalue weighted by Gasteiger charge is 2.27. The summed E-state index contributed by atoms with van der Waals surface area (Å²) in [6.45, 7) is 0. The van der Waals surface area contributed by atoms with Gasteiger partial charge in [0.05, 0.1) is 0 Å². The van der Waals surface area contributed by atoms with Gasteiger partial charge in [0.2, 0.25) is 0 Å². The van der Waals surface area contributed by atoms with Crippen molar-refractivity contribution in [3.05, 3.63) is 340 Å². The van der Waals surface area contributed by atoms with Crippen LogP contribution in [0, 0.1) is 0 Å². The number of para-hydroxylation sites is 4. The first-order valence-electron chi connectivity index (χ1n) is 31.6. The Morgan fingerprint density at radius 2 is 0.391 bits per heavy atom. The second kappa shape index (κ2) is 21.9. The molecule has 0 radical (unpaired) electrons. The lowest BCUT2D eigenvalue weighted by Gasteiger charge is -2.24. The molecule has 0 N–H and O–H groups in total. The molecule has 2 aliphatic heterocycles. The Balaban J connectivity index is 0.000000137. The van der Waals surface area contributed by atoms with E-state index in [4.69, 9.17) is 9.47 Å². The highest BCUT2D eigenvalue weighted by molar-refractivity contribution is 6.27. The summed E-state index contributed by atoms with van der Waals surface area (Å²) < 4.78 is 13.1. The van der Waals surface area contributed by atoms with Crippen molar-refractivity contribution in [2.45, 2.75) is 0 Å². The quantitative estimate of drug-likeness (QED) is 0.160. The van der Waals surface area contributed by atoms with Crippen LogP contribution in [0.25, 0.3) is 165 Å². The lowest BCUT2D eigenvalue weighted by Crippen LogP contribution is -1.98. The maximum absolute atomic E-state index is 6.59. The van der Waals surface area contributed by atoms with Crippen LogP contribution in [0.4, 0.5) is 0 Å². The fraction of sp³-hybridized carbons (Fsp3) is 0. The van der Waals surface area contributed by atoms with Gasteiger partial charge in [-0.3, -0.25) is 0 Å². The summed E-state index contributed by atoms with van der Waals surface area (Å²) in [5, 5.41) is 15.0. The molecule has 2 nitrogen and oxygen atoms in total. The van der Waals surface area contributed by atoms with Crippen LogP contribution in [0.1, 0.15) is 0 Å². The molecular weight excluding hydrogens is 1110 g/mol. The van der Waals surface area contributed by atoms with Crippen LogP contribution in [0.2, 0.25) is 0 Å². The molecular formula is C90H56O2.